The van der Waals surface area contributed by atoms with Gasteiger partial charge in [-0.3, -0.25) is 9.59 Å². The highest BCUT2D eigenvalue weighted by molar-refractivity contribution is 7.99. The Hall–Kier alpha value is -4.61. The van der Waals surface area contributed by atoms with Crippen molar-refractivity contribution in [2.45, 2.75) is 146 Å². The molecule has 3 aliphatic rings. The highest BCUT2D eigenvalue weighted by Gasteiger charge is 2.34. The molecule has 5 heteroatoms. The normalized spacial score (nSPS) is 19.8. The molecule has 2 fully saturated rings. The van der Waals surface area contributed by atoms with Gasteiger partial charge in [0.15, 0.2) is 11.6 Å². The number of hydrogen-bond acceptors (Lipinski definition) is 5. The van der Waals surface area contributed by atoms with Crippen LogP contribution in [0.2, 0.25) is 0 Å². The van der Waals surface area contributed by atoms with Crippen LogP contribution in [0.4, 0.5) is 11.4 Å². The van der Waals surface area contributed by atoms with Crippen molar-refractivity contribution in [3.8, 4) is 16.9 Å². The van der Waals surface area contributed by atoms with E-state index in [4.69, 9.17) is 4.74 Å². The van der Waals surface area contributed by atoms with E-state index in [2.05, 4.69) is 93.7 Å². The lowest BCUT2D eigenvalue weighted by Crippen LogP contribution is -2.23. The molecule has 0 bridgehead atoms. The molecule has 4 nitrogen and oxygen atoms in total. The van der Waals surface area contributed by atoms with Gasteiger partial charge in [-0.25, -0.2) is 0 Å². The standard InChI is InChI=1S/C57H67NO3S/c1-5-7-9-13-40-17-19-42(20-18-40)37-61-57-38(3)35-46(36-39(57)4)45-27-31-48(32-28-45)62-52-34-33-51(53-54(52)56(60)50-16-12-11-15-49(50)55(53)59)58-47-29-25-44(26-30-47)43-23-21-41(22-24-43)14-10-8-6-2/h11-12,15-16,25-36,40-43,58H,5-10,13-14,17-24,37H2,1-4H3. The number of hydrogen-bond donors (Lipinski definition) is 1. The molecule has 0 atom stereocenters. The Morgan fingerprint density at radius 2 is 1.16 bits per heavy atom. The number of carbonyl (C=O) groups excluding carboxylic acids is 2. The van der Waals surface area contributed by atoms with Gasteiger partial charge in [0, 0.05) is 32.2 Å². The molecule has 0 spiro atoms. The van der Waals surface area contributed by atoms with Crippen molar-refractivity contribution in [3.05, 3.63) is 136 Å². The van der Waals surface area contributed by atoms with Gasteiger partial charge in [-0.1, -0.05) is 138 Å². The van der Waals surface area contributed by atoms with Crippen LogP contribution in [0.3, 0.4) is 0 Å². The lowest BCUT2D eigenvalue weighted by atomic mass is 9.77. The molecule has 5 aromatic rings. The summed E-state index contributed by atoms with van der Waals surface area (Å²) in [7, 11) is 0. The summed E-state index contributed by atoms with van der Waals surface area (Å²) in [6.45, 7) is 9.71. The minimum Gasteiger partial charge on any atom is -0.493 e. The van der Waals surface area contributed by atoms with Crippen LogP contribution in [-0.2, 0) is 0 Å². The molecule has 8 rings (SSSR count). The smallest absolute Gasteiger partial charge is 0.196 e. The van der Waals surface area contributed by atoms with Crippen LogP contribution in [-0.4, -0.2) is 18.2 Å². The Morgan fingerprint density at radius 3 is 1.76 bits per heavy atom. The summed E-state index contributed by atoms with van der Waals surface area (Å²) >= 11 is 1.54. The fourth-order valence-electron chi connectivity index (χ4n) is 10.6. The monoisotopic (exact) mass is 845 g/mol. The molecule has 2 saturated carbocycles. The number of fused-ring (bicyclic) bond motifs is 2. The Bertz CT molecular complexity index is 2290. The lowest BCUT2D eigenvalue weighted by Gasteiger charge is -2.29. The van der Waals surface area contributed by atoms with Gasteiger partial charge in [0.2, 0.25) is 0 Å². The summed E-state index contributed by atoms with van der Waals surface area (Å²) in [5.74, 6) is 3.86. The van der Waals surface area contributed by atoms with Crippen LogP contribution >= 0.6 is 11.8 Å². The number of ketones is 2. The highest BCUT2D eigenvalue weighted by atomic mass is 32.2. The van der Waals surface area contributed by atoms with E-state index < -0.39 is 0 Å². The highest BCUT2D eigenvalue weighted by Crippen LogP contribution is 2.43. The van der Waals surface area contributed by atoms with E-state index in [-0.39, 0.29) is 11.6 Å². The van der Waals surface area contributed by atoms with Gasteiger partial charge in [0.05, 0.1) is 17.9 Å². The summed E-state index contributed by atoms with van der Waals surface area (Å²) in [6.07, 6.45) is 21.3. The molecule has 0 saturated heterocycles. The van der Waals surface area contributed by atoms with Crippen LogP contribution < -0.4 is 10.1 Å². The van der Waals surface area contributed by atoms with Crippen LogP contribution in [0, 0.1) is 31.6 Å². The first kappa shape index (κ1) is 44.0. The van der Waals surface area contributed by atoms with Gasteiger partial charge < -0.3 is 10.1 Å². The number of ether oxygens (including phenoxy) is 1. The third-order valence-electron chi connectivity index (χ3n) is 14.3. The maximum Gasteiger partial charge on any atom is 0.196 e. The van der Waals surface area contributed by atoms with Gasteiger partial charge in [-0.15, -0.1) is 0 Å². The summed E-state index contributed by atoms with van der Waals surface area (Å²) in [5.41, 5.74) is 9.46. The summed E-state index contributed by atoms with van der Waals surface area (Å²) < 4.78 is 6.53. The number of benzene rings is 5. The molecule has 0 heterocycles. The molecule has 62 heavy (non-hydrogen) atoms. The molecule has 0 amide bonds. The van der Waals surface area contributed by atoms with E-state index in [1.54, 1.807) is 12.1 Å². The Morgan fingerprint density at radius 1 is 0.597 bits per heavy atom. The largest absolute Gasteiger partial charge is 0.493 e. The first-order valence-electron chi connectivity index (χ1n) is 24.0. The Kier molecular flexibility index (Phi) is 14.7. The SMILES string of the molecule is CCCCCC1CCC(COc2c(C)cc(-c3ccc(Sc4ccc(Nc5ccc(C6CCC(CCCCC)CC6)cc5)c5c4C(=O)c4ccccc4C5=O)cc3)cc2C)CC1. The predicted octanol–water partition coefficient (Wildman–Crippen LogP) is 16.3. The van der Waals surface area contributed by atoms with Gasteiger partial charge >= 0.3 is 0 Å². The third kappa shape index (κ3) is 10.3. The summed E-state index contributed by atoms with van der Waals surface area (Å²) in [6, 6.07) is 33.0. The van der Waals surface area contributed by atoms with Gasteiger partial charge in [-0.2, -0.15) is 0 Å². The quantitative estimate of drug-likeness (QED) is 0.0927. The second-order valence-electron chi connectivity index (χ2n) is 18.8. The fraction of sp³-hybridized carbons (Fsp3) is 0.439. The summed E-state index contributed by atoms with van der Waals surface area (Å²) in [5, 5.41) is 3.55. The molecular weight excluding hydrogens is 779 g/mol. The zero-order valence-corrected chi connectivity index (χ0v) is 38.5. The van der Waals surface area contributed by atoms with Crippen molar-refractivity contribution in [3.63, 3.8) is 0 Å². The number of rotatable bonds is 17. The van der Waals surface area contributed by atoms with Crippen LogP contribution in [0.15, 0.2) is 107 Å². The summed E-state index contributed by atoms with van der Waals surface area (Å²) in [4.78, 5) is 30.4. The molecule has 1 N–H and O–H groups in total. The number of unbranched alkanes of at least 4 members (excludes halogenated alkanes) is 4. The first-order chi connectivity index (χ1) is 30.3. The molecule has 5 aromatic carbocycles. The van der Waals surface area contributed by atoms with E-state index in [0.29, 0.717) is 39.8 Å². The fourth-order valence-corrected chi connectivity index (χ4v) is 11.6. The second-order valence-corrected chi connectivity index (χ2v) is 19.9. The maximum absolute atomic E-state index is 14.3. The molecule has 324 valence electrons. The molecule has 3 aliphatic carbocycles. The average molecular weight is 846 g/mol. The molecule has 0 aliphatic heterocycles. The van der Waals surface area contributed by atoms with Crippen LogP contribution in [0.25, 0.3) is 11.1 Å². The number of nitrogens with one attached hydrogen (secondary N) is 1. The van der Waals surface area contributed by atoms with Crippen LogP contribution in [0.1, 0.15) is 171 Å². The van der Waals surface area contributed by atoms with Gasteiger partial charge in [-0.05, 0) is 152 Å². The number of carbonyl (C=O) groups is 2. The van der Waals surface area contributed by atoms with Crippen molar-refractivity contribution in [2.24, 2.45) is 17.8 Å². The maximum atomic E-state index is 14.3. The van der Waals surface area contributed by atoms with Crippen molar-refractivity contribution in [1.82, 2.24) is 0 Å². The molecule has 0 aromatic heterocycles. The van der Waals surface area contributed by atoms with Gasteiger partial charge in [0.25, 0.3) is 0 Å². The Labute approximate surface area is 376 Å². The second kappa shape index (κ2) is 20.7. The topological polar surface area (TPSA) is 55.4 Å². The minimum atomic E-state index is -0.119. The zero-order chi connectivity index (χ0) is 43.0. The van der Waals surface area contributed by atoms with E-state index in [1.807, 2.05) is 24.3 Å². The molecular formula is C57H67NO3S. The third-order valence-corrected chi connectivity index (χ3v) is 15.4. The number of anilines is 2. The average Bonchev–Trinajstić information content (AvgIpc) is 3.29. The van der Waals surface area contributed by atoms with Crippen molar-refractivity contribution in [2.75, 3.05) is 11.9 Å². The molecule has 0 radical (unpaired) electrons. The van der Waals surface area contributed by atoms with E-state index >= 15 is 0 Å². The van der Waals surface area contributed by atoms with Crippen molar-refractivity contribution in [1.29, 1.82) is 0 Å². The first-order valence-corrected chi connectivity index (χ1v) is 24.9. The minimum absolute atomic E-state index is 0.109. The number of aryl methyl sites for hydroxylation is 2. The zero-order valence-electron chi connectivity index (χ0n) is 37.7. The van der Waals surface area contributed by atoms with E-state index in [0.717, 1.165) is 45.2 Å². The van der Waals surface area contributed by atoms with Crippen molar-refractivity contribution < 1.29 is 14.3 Å². The van der Waals surface area contributed by atoms with Gasteiger partial charge in [0.1, 0.15) is 5.75 Å². The molecule has 0 unspecified atom stereocenters. The lowest BCUT2D eigenvalue weighted by molar-refractivity contribution is 0.0977. The van der Waals surface area contributed by atoms with E-state index in [9.17, 15) is 9.59 Å². The Balaban J connectivity index is 0.949. The van der Waals surface area contributed by atoms with E-state index in [1.165, 1.54) is 137 Å². The van der Waals surface area contributed by atoms with Crippen molar-refractivity contribution >= 4 is 34.7 Å². The predicted molar refractivity (Wildman–Crippen MR) is 259 cm³/mol. The van der Waals surface area contributed by atoms with Crippen LogP contribution in [0.5, 0.6) is 5.75 Å².